The molecular weight excluding hydrogens is 887 g/mol. The zero-order valence-corrected chi connectivity index (χ0v) is 40.6. The van der Waals surface area contributed by atoms with Gasteiger partial charge < -0.3 is 4.90 Å². The average molecular weight is 936 g/mol. The van der Waals surface area contributed by atoms with Gasteiger partial charge in [-0.3, -0.25) is 9.47 Å². The Labute approximate surface area is 422 Å². The van der Waals surface area contributed by atoms with E-state index in [9.17, 15) is 0 Å². The van der Waals surface area contributed by atoms with Crippen LogP contribution in [0.4, 0.5) is 34.3 Å². The van der Waals surface area contributed by atoms with Crippen molar-refractivity contribution in [2.24, 2.45) is 0 Å². The van der Waals surface area contributed by atoms with Crippen molar-refractivity contribution in [2.75, 3.05) is 9.80 Å². The third-order valence-corrected chi connectivity index (χ3v) is 19.3. The van der Waals surface area contributed by atoms with Crippen LogP contribution in [0.3, 0.4) is 0 Å². The molecule has 0 aliphatic carbocycles. The maximum absolute atomic E-state index is 3.02. The highest BCUT2D eigenvalue weighted by Crippen LogP contribution is 2.45. The summed E-state index contributed by atoms with van der Waals surface area (Å²) in [6.45, 7) is 0. The summed E-state index contributed by atoms with van der Waals surface area (Å²) in [4.78, 5) is 4.88. The van der Waals surface area contributed by atoms with Crippen molar-refractivity contribution in [3.8, 4) is 39.1 Å². The number of anilines is 6. The summed E-state index contributed by atoms with van der Waals surface area (Å²) in [5, 5.41) is 6.74. The molecule has 0 amide bonds. The second kappa shape index (κ2) is 18.3. The van der Waals surface area contributed by atoms with E-state index >= 15 is 0 Å². The Bertz CT molecular complexity index is 3680. The van der Waals surface area contributed by atoms with Gasteiger partial charge in [0.15, 0.2) is 8.07 Å². The normalized spacial score (nSPS) is 12.5. The van der Waals surface area contributed by atoms with Gasteiger partial charge in [0.1, 0.15) is 5.82 Å². The summed E-state index contributed by atoms with van der Waals surface area (Å²) in [6.07, 6.45) is 0. The third kappa shape index (κ3) is 7.28. The second-order valence-electron chi connectivity index (χ2n) is 18.5. The van der Waals surface area contributed by atoms with Crippen LogP contribution < -0.4 is 30.5 Å². The predicted molar refractivity (Wildman–Crippen MR) is 306 cm³/mol. The molecule has 0 fully saturated rings. The number of rotatable bonds is 10. The zero-order valence-electron chi connectivity index (χ0n) is 39.6. The van der Waals surface area contributed by atoms with Gasteiger partial charge in [-0.1, -0.05) is 224 Å². The Balaban J connectivity index is 1.00. The number of nitrogens with zero attached hydrogens (tertiary/aromatic N) is 3. The third-order valence-electron chi connectivity index (χ3n) is 14.4. The van der Waals surface area contributed by atoms with Gasteiger partial charge in [0.05, 0.1) is 5.52 Å². The van der Waals surface area contributed by atoms with Crippen LogP contribution in [0.2, 0.25) is 0 Å². The van der Waals surface area contributed by atoms with Crippen LogP contribution in [0.1, 0.15) is 0 Å². The quantitative estimate of drug-likeness (QED) is 0.127. The zero-order chi connectivity index (χ0) is 47.8. The van der Waals surface area contributed by atoms with Crippen molar-refractivity contribution in [2.45, 2.75) is 0 Å². The molecule has 0 spiro atoms. The highest BCUT2D eigenvalue weighted by molar-refractivity contribution is 7.22. The molecule has 0 unspecified atom stereocenters. The molecule has 0 atom stereocenters. The Morgan fingerprint density at radius 2 is 0.681 bits per heavy atom. The minimum atomic E-state index is -3.02. The van der Waals surface area contributed by atoms with E-state index in [0.717, 1.165) is 39.6 Å². The smallest absolute Gasteiger partial charge is 0.186 e. The van der Waals surface area contributed by atoms with Crippen LogP contribution in [0.15, 0.2) is 297 Å². The summed E-state index contributed by atoms with van der Waals surface area (Å²) in [5.41, 5.74) is 15.0. The van der Waals surface area contributed by atoms with Crippen molar-refractivity contribution >= 4 is 74.0 Å². The second-order valence-corrected chi connectivity index (χ2v) is 22.2. The maximum Gasteiger partial charge on any atom is 0.186 e. The van der Waals surface area contributed by atoms with Crippen LogP contribution >= 0.6 is 0 Å². The fourth-order valence-electron chi connectivity index (χ4n) is 11.2. The Kier molecular flexibility index (Phi) is 10.9. The lowest BCUT2D eigenvalue weighted by Crippen LogP contribution is -2.77. The van der Waals surface area contributed by atoms with E-state index in [0.29, 0.717) is 0 Å². The average Bonchev–Trinajstić information content (AvgIpc) is 3.81. The number of hydrogen-bond donors (Lipinski definition) is 0. The van der Waals surface area contributed by atoms with Crippen LogP contribution in [0.25, 0.3) is 50.0 Å². The lowest BCUT2D eigenvalue weighted by Gasteiger charge is -2.44. The van der Waals surface area contributed by atoms with E-state index in [1.165, 1.54) is 65.4 Å². The maximum atomic E-state index is 2.54. The number of benzene rings is 11. The molecule has 11 aromatic carbocycles. The molecule has 13 rings (SSSR count). The summed E-state index contributed by atoms with van der Waals surface area (Å²) in [7, 11) is -3.02. The first-order valence-electron chi connectivity index (χ1n) is 24.8. The Morgan fingerprint density at radius 1 is 0.306 bits per heavy atom. The molecule has 0 radical (unpaired) electrons. The molecule has 4 heteroatoms. The van der Waals surface area contributed by atoms with E-state index in [4.69, 9.17) is 0 Å². The first kappa shape index (κ1) is 42.8. The minimum Gasteiger partial charge on any atom is -0.311 e. The monoisotopic (exact) mass is 935 g/mol. The molecule has 0 saturated heterocycles. The fraction of sp³-hybridized carbons (Fsp3) is 0. The molecule has 0 N–H and O–H groups in total. The van der Waals surface area contributed by atoms with Gasteiger partial charge in [0.2, 0.25) is 0 Å². The minimum absolute atomic E-state index is 1.08. The van der Waals surface area contributed by atoms with E-state index in [2.05, 4.69) is 312 Å². The van der Waals surface area contributed by atoms with Crippen LogP contribution in [0, 0.1) is 0 Å². The van der Waals surface area contributed by atoms with Crippen LogP contribution in [-0.4, -0.2) is 12.6 Å². The van der Waals surface area contributed by atoms with Gasteiger partial charge in [-0.2, -0.15) is 0 Å². The van der Waals surface area contributed by atoms with E-state index in [1.807, 2.05) is 0 Å². The number of hydrogen-bond acceptors (Lipinski definition) is 2. The van der Waals surface area contributed by atoms with Gasteiger partial charge in [-0.15, -0.1) is 0 Å². The van der Waals surface area contributed by atoms with E-state index in [-0.39, 0.29) is 0 Å². The SMILES string of the molecule is c1ccc(-c2ccc(N(c3ccc(-c4ccccc4)cc3)c3ccc(-c4ccc5c6c(n(-c7ccccc7)c5c4)N(c4ccccc4)c4ccccc4[Si]6(c4ccccc4)c4ccccc4)cc3)cc2)cc1. The molecule has 1 aliphatic rings. The number of fused-ring (bicyclic) bond motifs is 4. The largest absolute Gasteiger partial charge is 0.311 e. The van der Waals surface area contributed by atoms with Gasteiger partial charge in [-0.05, 0) is 122 Å². The van der Waals surface area contributed by atoms with Gasteiger partial charge in [-0.25, -0.2) is 0 Å². The van der Waals surface area contributed by atoms with Crippen molar-refractivity contribution < 1.29 is 0 Å². The highest BCUT2D eigenvalue weighted by Gasteiger charge is 2.52. The lowest BCUT2D eigenvalue weighted by atomic mass is 10.0. The highest BCUT2D eigenvalue weighted by atomic mass is 28.3. The van der Waals surface area contributed by atoms with E-state index in [1.54, 1.807) is 0 Å². The number of para-hydroxylation sites is 3. The van der Waals surface area contributed by atoms with Crippen LogP contribution in [0.5, 0.6) is 0 Å². The van der Waals surface area contributed by atoms with Gasteiger partial charge in [0.25, 0.3) is 0 Å². The number of aromatic nitrogens is 1. The molecular formula is C68H49N3Si. The first-order valence-corrected chi connectivity index (χ1v) is 26.8. The Morgan fingerprint density at radius 3 is 1.17 bits per heavy atom. The van der Waals surface area contributed by atoms with Gasteiger partial charge in [0, 0.05) is 44.7 Å². The molecule has 1 aromatic heterocycles. The molecule has 1 aliphatic heterocycles. The lowest BCUT2D eigenvalue weighted by molar-refractivity contribution is 1.08. The molecule has 2 heterocycles. The van der Waals surface area contributed by atoms with Crippen molar-refractivity contribution in [3.05, 3.63) is 297 Å². The molecule has 3 nitrogen and oxygen atoms in total. The molecule has 72 heavy (non-hydrogen) atoms. The Hall–Kier alpha value is -9.22. The van der Waals surface area contributed by atoms with Crippen molar-refractivity contribution in [1.82, 2.24) is 4.57 Å². The molecule has 0 bridgehead atoms. The summed E-state index contributed by atoms with van der Waals surface area (Å²) in [5.74, 6) is 1.18. The molecule has 340 valence electrons. The fourth-order valence-corrected chi connectivity index (χ4v) is 16.5. The summed E-state index contributed by atoms with van der Waals surface area (Å²) in [6, 6.07) is 109. The summed E-state index contributed by atoms with van der Waals surface area (Å²) < 4.78 is 2.54. The first-order chi connectivity index (χ1) is 35.7. The molecule has 12 aromatic rings. The standard InChI is InChI=1S/C68H49N3Si/c1-7-21-50(22-8-1)52-35-42-58(43-36-52)69(59-44-37-53(38-45-59)51-23-9-2-10-24-51)60-46-39-54(40-47-60)55-41-48-63-65(49-55)71(57-27-13-4-14-28-57)68-67(63)72(61-29-15-5-16-30-61,62-31-17-6-18-32-62)66-34-20-19-33-64(66)70(68)56-25-11-3-12-26-56/h1-49H. The van der Waals surface area contributed by atoms with Gasteiger partial charge >= 0.3 is 0 Å². The predicted octanol–water partition coefficient (Wildman–Crippen LogP) is 15.3. The molecule has 0 saturated carbocycles. The summed E-state index contributed by atoms with van der Waals surface area (Å²) >= 11 is 0. The van der Waals surface area contributed by atoms with Crippen molar-refractivity contribution in [3.63, 3.8) is 0 Å². The van der Waals surface area contributed by atoms with E-state index < -0.39 is 8.07 Å². The van der Waals surface area contributed by atoms with Crippen molar-refractivity contribution in [1.29, 1.82) is 0 Å². The van der Waals surface area contributed by atoms with Crippen LogP contribution in [-0.2, 0) is 0 Å². The topological polar surface area (TPSA) is 11.4 Å².